The number of benzene rings is 1. The molecule has 0 radical (unpaired) electrons. The van der Waals surface area contributed by atoms with E-state index in [-0.39, 0.29) is 0 Å². The maximum Gasteiger partial charge on any atom is 0.0877 e. The van der Waals surface area contributed by atoms with Gasteiger partial charge < -0.3 is 5.32 Å². The highest BCUT2D eigenvalue weighted by atomic mass is 127. The molecule has 0 fully saturated rings. The van der Waals surface area contributed by atoms with Crippen molar-refractivity contribution in [2.75, 3.05) is 6.54 Å². The fourth-order valence-electron chi connectivity index (χ4n) is 1.64. The van der Waals surface area contributed by atoms with E-state index in [0.717, 1.165) is 32.9 Å². The van der Waals surface area contributed by atoms with E-state index in [1.165, 1.54) is 0 Å². The minimum atomic E-state index is 0.722. The molecule has 0 atom stereocenters. The summed E-state index contributed by atoms with van der Waals surface area (Å²) in [6, 6.07) is 5.92. The molecule has 0 spiro atoms. The monoisotopic (exact) mass is 361 g/mol. The SMILES string of the molecule is CCNCc1cccc(Cl)c1-n1cc(I)cn1. The zero-order chi connectivity index (χ0) is 12.3. The maximum absolute atomic E-state index is 6.26. The van der Waals surface area contributed by atoms with Crippen LogP contribution in [-0.4, -0.2) is 16.3 Å². The second-order valence-electron chi connectivity index (χ2n) is 3.63. The Bertz CT molecular complexity index is 510. The van der Waals surface area contributed by atoms with Gasteiger partial charge in [-0.15, -0.1) is 0 Å². The molecule has 1 heterocycles. The summed E-state index contributed by atoms with van der Waals surface area (Å²) in [5.41, 5.74) is 2.11. The summed E-state index contributed by atoms with van der Waals surface area (Å²) in [6.07, 6.45) is 3.79. The molecule has 17 heavy (non-hydrogen) atoms. The molecule has 0 aliphatic heterocycles. The number of para-hydroxylation sites is 1. The highest BCUT2D eigenvalue weighted by molar-refractivity contribution is 14.1. The second kappa shape index (κ2) is 5.84. The summed E-state index contributed by atoms with van der Waals surface area (Å²) < 4.78 is 2.92. The van der Waals surface area contributed by atoms with Gasteiger partial charge in [0.05, 0.1) is 20.5 Å². The molecule has 0 amide bonds. The number of aromatic nitrogens is 2. The van der Waals surface area contributed by atoms with Gasteiger partial charge in [0.1, 0.15) is 0 Å². The average Bonchev–Trinajstić information content (AvgIpc) is 2.73. The van der Waals surface area contributed by atoms with E-state index in [9.17, 15) is 0 Å². The molecule has 2 rings (SSSR count). The molecular formula is C12H13ClIN3. The lowest BCUT2D eigenvalue weighted by Gasteiger charge is -2.11. The van der Waals surface area contributed by atoms with Crippen LogP contribution in [0.5, 0.6) is 0 Å². The molecule has 0 saturated carbocycles. The van der Waals surface area contributed by atoms with E-state index < -0.39 is 0 Å². The van der Waals surface area contributed by atoms with Gasteiger partial charge in [-0.1, -0.05) is 30.7 Å². The molecule has 1 N–H and O–H groups in total. The first-order valence-corrected chi connectivity index (χ1v) is 6.86. The van der Waals surface area contributed by atoms with Gasteiger partial charge in [-0.3, -0.25) is 0 Å². The van der Waals surface area contributed by atoms with Crippen molar-refractivity contribution in [1.82, 2.24) is 15.1 Å². The molecular weight excluding hydrogens is 349 g/mol. The van der Waals surface area contributed by atoms with E-state index in [2.05, 4.69) is 46.0 Å². The number of hydrogen-bond donors (Lipinski definition) is 1. The van der Waals surface area contributed by atoms with Gasteiger partial charge in [0.25, 0.3) is 0 Å². The van der Waals surface area contributed by atoms with Gasteiger partial charge in [0.15, 0.2) is 0 Å². The lowest BCUT2D eigenvalue weighted by atomic mass is 10.1. The van der Waals surface area contributed by atoms with Crippen molar-refractivity contribution in [2.45, 2.75) is 13.5 Å². The first-order valence-electron chi connectivity index (χ1n) is 5.41. The van der Waals surface area contributed by atoms with Crippen LogP contribution in [0, 0.1) is 3.57 Å². The van der Waals surface area contributed by atoms with Crippen LogP contribution in [0.25, 0.3) is 5.69 Å². The van der Waals surface area contributed by atoms with Gasteiger partial charge in [-0.05, 0) is 40.8 Å². The molecule has 90 valence electrons. The number of nitrogens with one attached hydrogen (secondary N) is 1. The topological polar surface area (TPSA) is 29.9 Å². The van der Waals surface area contributed by atoms with Crippen molar-refractivity contribution in [1.29, 1.82) is 0 Å². The Morgan fingerprint density at radius 1 is 1.47 bits per heavy atom. The highest BCUT2D eigenvalue weighted by Gasteiger charge is 2.09. The Morgan fingerprint density at radius 3 is 2.94 bits per heavy atom. The van der Waals surface area contributed by atoms with E-state index in [0.29, 0.717) is 0 Å². The summed E-state index contributed by atoms with van der Waals surface area (Å²) in [5, 5.41) is 8.34. The number of rotatable bonds is 4. The minimum Gasteiger partial charge on any atom is -0.313 e. The van der Waals surface area contributed by atoms with E-state index >= 15 is 0 Å². The van der Waals surface area contributed by atoms with Crippen molar-refractivity contribution in [3.63, 3.8) is 0 Å². The first-order chi connectivity index (χ1) is 8.22. The Morgan fingerprint density at radius 2 is 2.29 bits per heavy atom. The minimum absolute atomic E-state index is 0.722. The molecule has 0 bridgehead atoms. The van der Waals surface area contributed by atoms with Crippen molar-refractivity contribution in [3.05, 3.63) is 44.7 Å². The molecule has 5 heteroatoms. The van der Waals surface area contributed by atoms with Gasteiger partial charge in [0.2, 0.25) is 0 Å². The van der Waals surface area contributed by atoms with Crippen LogP contribution >= 0.6 is 34.2 Å². The Kier molecular flexibility index (Phi) is 4.42. The molecule has 2 aromatic rings. The van der Waals surface area contributed by atoms with Gasteiger partial charge in [-0.25, -0.2) is 4.68 Å². The average molecular weight is 362 g/mol. The van der Waals surface area contributed by atoms with Gasteiger partial charge in [0, 0.05) is 12.7 Å². The zero-order valence-corrected chi connectivity index (χ0v) is 12.4. The first kappa shape index (κ1) is 12.9. The maximum atomic E-state index is 6.26. The highest BCUT2D eigenvalue weighted by Crippen LogP contribution is 2.24. The number of hydrogen-bond acceptors (Lipinski definition) is 2. The largest absolute Gasteiger partial charge is 0.313 e. The van der Waals surface area contributed by atoms with Crippen molar-refractivity contribution < 1.29 is 0 Å². The summed E-state index contributed by atoms with van der Waals surface area (Å²) in [7, 11) is 0. The molecule has 1 aromatic heterocycles. The van der Waals surface area contributed by atoms with Crippen LogP contribution in [0.4, 0.5) is 0 Å². The Labute approximate surface area is 119 Å². The standard InChI is InChI=1S/C12H13ClIN3/c1-2-15-6-9-4-3-5-11(13)12(9)17-8-10(14)7-16-17/h3-5,7-8,15H,2,6H2,1H3. The van der Waals surface area contributed by atoms with E-state index in [1.54, 1.807) is 0 Å². The molecule has 0 aliphatic rings. The van der Waals surface area contributed by atoms with Crippen LogP contribution in [0.3, 0.4) is 0 Å². The third-order valence-corrected chi connectivity index (χ3v) is 3.28. The second-order valence-corrected chi connectivity index (χ2v) is 5.28. The van der Waals surface area contributed by atoms with Crippen molar-refractivity contribution in [2.24, 2.45) is 0 Å². The summed E-state index contributed by atoms with van der Waals surface area (Å²) in [4.78, 5) is 0. The predicted octanol–water partition coefficient (Wildman–Crippen LogP) is 3.24. The van der Waals surface area contributed by atoms with E-state index in [1.807, 2.05) is 29.2 Å². The normalized spacial score (nSPS) is 10.8. The van der Waals surface area contributed by atoms with Crippen LogP contribution in [0.1, 0.15) is 12.5 Å². The van der Waals surface area contributed by atoms with Crippen LogP contribution < -0.4 is 5.32 Å². The number of halogens is 2. The Hall–Kier alpha value is -0.590. The Balaban J connectivity index is 2.43. The van der Waals surface area contributed by atoms with Crippen LogP contribution in [-0.2, 0) is 6.54 Å². The molecule has 3 nitrogen and oxygen atoms in total. The summed E-state index contributed by atoms with van der Waals surface area (Å²) in [6.45, 7) is 3.81. The van der Waals surface area contributed by atoms with Gasteiger partial charge in [-0.2, -0.15) is 5.10 Å². The fraction of sp³-hybridized carbons (Fsp3) is 0.250. The zero-order valence-electron chi connectivity index (χ0n) is 9.45. The number of nitrogens with zero attached hydrogens (tertiary/aromatic N) is 2. The van der Waals surface area contributed by atoms with Crippen molar-refractivity contribution >= 4 is 34.2 Å². The lowest BCUT2D eigenvalue weighted by molar-refractivity contribution is 0.717. The molecule has 1 aromatic carbocycles. The third kappa shape index (κ3) is 3.00. The molecule has 0 aliphatic carbocycles. The molecule has 0 saturated heterocycles. The fourth-order valence-corrected chi connectivity index (χ4v) is 2.31. The molecule has 0 unspecified atom stereocenters. The quantitative estimate of drug-likeness (QED) is 0.847. The van der Waals surface area contributed by atoms with Crippen LogP contribution in [0.15, 0.2) is 30.6 Å². The summed E-state index contributed by atoms with van der Waals surface area (Å²) in [5.74, 6) is 0. The van der Waals surface area contributed by atoms with Gasteiger partial charge >= 0.3 is 0 Å². The van der Waals surface area contributed by atoms with Crippen molar-refractivity contribution in [3.8, 4) is 5.69 Å². The predicted molar refractivity (Wildman–Crippen MR) is 78.7 cm³/mol. The summed E-state index contributed by atoms with van der Waals surface area (Å²) >= 11 is 8.50. The lowest BCUT2D eigenvalue weighted by Crippen LogP contribution is -2.14. The smallest absolute Gasteiger partial charge is 0.0877 e. The van der Waals surface area contributed by atoms with Crippen LogP contribution in [0.2, 0.25) is 5.02 Å². The third-order valence-electron chi connectivity index (χ3n) is 2.42. The van der Waals surface area contributed by atoms with E-state index in [4.69, 9.17) is 11.6 Å².